The van der Waals surface area contributed by atoms with Gasteiger partial charge in [-0.2, -0.15) is 0 Å². The zero-order valence-corrected chi connectivity index (χ0v) is 14.2. The van der Waals surface area contributed by atoms with Gasteiger partial charge < -0.3 is 14.7 Å². The van der Waals surface area contributed by atoms with Gasteiger partial charge in [-0.05, 0) is 43.3 Å². The van der Waals surface area contributed by atoms with Gasteiger partial charge in [-0.3, -0.25) is 14.9 Å². The zero-order valence-electron chi connectivity index (χ0n) is 14.2. The van der Waals surface area contributed by atoms with Gasteiger partial charge in [0, 0.05) is 22.9 Å². The number of benzene rings is 2. The molecule has 0 spiro atoms. The molecule has 0 aliphatic heterocycles. The summed E-state index contributed by atoms with van der Waals surface area (Å²) < 4.78 is 5.33. The second kappa shape index (κ2) is 6.41. The van der Waals surface area contributed by atoms with Crippen molar-refractivity contribution in [1.29, 1.82) is 0 Å². The first-order valence-electron chi connectivity index (χ1n) is 8.12. The molecule has 0 fully saturated rings. The van der Waals surface area contributed by atoms with Crippen LogP contribution in [0.1, 0.15) is 15.9 Å². The molecule has 0 aliphatic carbocycles. The Kier molecular flexibility index (Phi) is 3.92. The molecule has 1 amide bonds. The number of fused-ring (bicyclic) bond motifs is 1. The Labute approximate surface area is 153 Å². The largest absolute Gasteiger partial charge is 0.461 e. The fourth-order valence-corrected chi connectivity index (χ4v) is 2.88. The molecule has 0 saturated heterocycles. The van der Waals surface area contributed by atoms with Gasteiger partial charge in [0.2, 0.25) is 0 Å². The standard InChI is InChI=1S/C19H14N4O4/c1-11-13(4-2-5-16(11)23(25)26)19(24)20-12-7-8-14-15(10-12)22-18(21-14)17-6-3-9-27-17/h2-10H,1H3,(H,20,24)(H,21,22). The van der Waals surface area contributed by atoms with Crippen LogP contribution < -0.4 is 5.32 Å². The van der Waals surface area contributed by atoms with Gasteiger partial charge in [0.15, 0.2) is 11.6 Å². The number of hydrogen-bond donors (Lipinski definition) is 2. The molecule has 0 atom stereocenters. The molecule has 8 heteroatoms. The molecule has 4 aromatic rings. The SMILES string of the molecule is Cc1c(C(=O)Nc2ccc3nc(-c4ccco4)[nH]c3c2)cccc1[N+](=O)[O-]. The van der Waals surface area contributed by atoms with Crippen molar-refractivity contribution in [2.24, 2.45) is 0 Å². The van der Waals surface area contributed by atoms with E-state index in [4.69, 9.17) is 4.42 Å². The van der Waals surface area contributed by atoms with Crippen molar-refractivity contribution in [1.82, 2.24) is 9.97 Å². The number of hydrogen-bond acceptors (Lipinski definition) is 5. The Morgan fingerprint density at radius 1 is 1.22 bits per heavy atom. The molecule has 2 aromatic carbocycles. The summed E-state index contributed by atoms with van der Waals surface area (Å²) >= 11 is 0. The zero-order chi connectivity index (χ0) is 19.0. The molecule has 0 unspecified atom stereocenters. The highest BCUT2D eigenvalue weighted by Gasteiger charge is 2.18. The van der Waals surface area contributed by atoms with Crippen molar-refractivity contribution in [2.75, 3.05) is 5.32 Å². The number of H-pyrrole nitrogens is 1. The molecule has 2 heterocycles. The molecule has 2 aromatic heterocycles. The van der Waals surface area contributed by atoms with Gasteiger partial charge >= 0.3 is 0 Å². The Hall–Kier alpha value is -3.94. The Bertz CT molecular complexity index is 1160. The van der Waals surface area contributed by atoms with E-state index in [1.807, 2.05) is 0 Å². The fourth-order valence-electron chi connectivity index (χ4n) is 2.88. The van der Waals surface area contributed by atoms with Gasteiger partial charge in [-0.15, -0.1) is 0 Å². The highest BCUT2D eigenvalue weighted by Crippen LogP contribution is 2.25. The molecule has 2 N–H and O–H groups in total. The number of furan rings is 1. The van der Waals surface area contributed by atoms with Crippen molar-refractivity contribution in [3.63, 3.8) is 0 Å². The number of carbonyl (C=O) groups is 1. The van der Waals surface area contributed by atoms with Gasteiger partial charge in [-0.25, -0.2) is 4.98 Å². The van der Waals surface area contributed by atoms with Crippen LogP contribution in [0.4, 0.5) is 11.4 Å². The first kappa shape index (κ1) is 16.5. The first-order valence-corrected chi connectivity index (χ1v) is 8.12. The number of nitrogens with one attached hydrogen (secondary N) is 2. The second-order valence-corrected chi connectivity index (χ2v) is 5.96. The number of amides is 1. The van der Waals surface area contributed by atoms with E-state index in [0.717, 1.165) is 11.0 Å². The second-order valence-electron chi connectivity index (χ2n) is 5.96. The molecule has 0 bridgehead atoms. The number of rotatable bonds is 4. The van der Waals surface area contributed by atoms with Crippen LogP contribution in [0.25, 0.3) is 22.6 Å². The molecular weight excluding hydrogens is 348 g/mol. The monoisotopic (exact) mass is 362 g/mol. The smallest absolute Gasteiger partial charge is 0.273 e. The van der Waals surface area contributed by atoms with Crippen molar-refractivity contribution in [2.45, 2.75) is 6.92 Å². The van der Waals surface area contributed by atoms with Gasteiger partial charge in [0.1, 0.15) is 0 Å². The number of aromatic amines is 1. The van der Waals surface area contributed by atoms with Crippen LogP contribution in [-0.4, -0.2) is 20.8 Å². The number of aromatic nitrogens is 2. The van der Waals surface area contributed by atoms with E-state index in [2.05, 4.69) is 15.3 Å². The van der Waals surface area contributed by atoms with E-state index in [0.29, 0.717) is 22.8 Å². The predicted octanol–water partition coefficient (Wildman–Crippen LogP) is 4.29. The summed E-state index contributed by atoms with van der Waals surface area (Å²) in [5.74, 6) is 0.790. The highest BCUT2D eigenvalue weighted by atomic mass is 16.6. The number of nitrogens with zero attached hydrogens (tertiary/aromatic N) is 2. The summed E-state index contributed by atoms with van der Waals surface area (Å²) in [6.07, 6.45) is 1.57. The molecule has 8 nitrogen and oxygen atoms in total. The maximum absolute atomic E-state index is 12.6. The lowest BCUT2D eigenvalue weighted by atomic mass is 10.1. The minimum atomic E-state index is -0.501. The van der Waals surface area contributed by atoms with E-state index in [-0.39, 0.29) is 11.3 Å². The van der Waals surface area contributed by atoms with E-state index in [1.54, 1.807) is 49.6 Å². The molecule has 134 valence electrons. The Balaban J connectivity index is 1.63. The van der Waals surface area contributed by atoms with Crippen molar-refractivity contribution >= 4 is 28.3 Å². The van der Waals surface area contributed by atoms with Crippen molar-refractivity contribution in [3.05, 3.63) is 76.0 Å². The molecule has 4 rings (SSSR count). The van der Waals surface area contributed by atoms with Crippen LogP contribution in [0.15, 0.2) is 59.2 Å². The van der Waals surface area contributed by atoms with Crippen molar-refractivity contribution in [3.8, 4) is 11.6 Å². The van der Waals surface area contributed by atoms with Gasteiger partial charge in [0.05, 0.1) is 22.2 Å². The van der Waals surface area contributed by atoms with Crippen molar-refractivity contribution < 1.29 is 14.1 Å². The molecule has 27 heavy (non-hydrogen) atoms. The lowest BCUT2D eigenvalue weighted by Crippen LogP contribution is -2.14. The number of nitro benzene ring substituents is 1. The fraction of sp³-hybridized carbons (Fsp3) is 0.0526. The maximum atomic E-state index is 12.6. The molecule has 0 aliphatic rings. The molecule has 0 radical (unpaired) electrons. The van der Waals surface area contributed by atoms with E-state index >= 15 is 0 Å². The normalized spacial score (nSPS) is 10.9. The summed E-state index contributed by atoms with van der Waals surface area (Å²) in [5, 5.41) is 13.8. The van der Waals surface area contributed by atoms with Crippen LogP contribution in [-0.2, 0) is 0 Å². The number of nitro groups is 1. The van der Waals surface area contributed by atoms with Crippen LogP contribution in [0.5, 0.6) is 0 Å². The topological polar surface area (TPSA) is 114 Å². The lowest BCUT2D eigenvalue weighted by molar-refractivity contribution is -0.385. The summed E-state index contributed by atoms with van der Waals surface area (Å²) in [7, 11) is 0. The summed E-state index contributed by atoms with van der Waals surface area (Å²) in [6.45, 7) is 1.56. The first-order chi connectivity index (χ1) is 13.0. The molecular formula is C19H14N4O4. The number of imidazole rings is 1. The van der Waals surface area contributed by atoms with Crippen LogP contribution in [0.3, 0.4) is 0 Å². The predicted molar refractivity (Wildman–Crippen MR) is 99.6 cm³/mol. The quantitative estimate of drug-likeness (QED) is 0.415. The third kappa shape index (κ3) is 3.04. The lowest BCUT2D eigenvalue weighted by Gasteiger charge is -2.08. The van der Waals surface area contributed by atoms with Crippen LogP contribution >= 0.6 is 0 Å². The third-order valence-electron chi connectivity index (χ3n) is 4.24. The summed E-state index contributed by atoms with van der Waals surface area (Å²) in [6, 6.07) is 13.2. The highest BCUT2D eigenvalue weighted by molar-refractivity contribution is 6.06. The van der Waals surface area contributed by atoms with Crippen LogP contribution in [0, 0.1) is 17.0 Å². The van der Waals surface area contributed by atoms with Gasteiger partial charge in [0.25, 0.3) is 11.6 Å². The number of carbonyl (C=O) groups excluding carboxylic acids is 1. The van der Waals surface area contributed by atoms with E-state index in [9.17, 15) is 14.9 Å². The summed E-state index contributed by atoms with van der Waals surface area (Å²) in [4.78, 5) is 30.7. The maximum Gasteiger partial charge on any atom is 0.273 e. The summed E-state index contributed by atoms with van der Waals surface area (Å²) in [5.41, 5.74) is 2.50. The van der Waals surface area contributed by atoms with Crippen LogP contribution in [0.2, 0.25) is 0 Å². The average Bonchev–Trinajstić information content (AvgIpc) is 3.30. The average molecular weight is 362 g/mol. The minimum Gasteiger partial charge on any atom is -0.461 e. The minimum absolute atomic E-state index is 0.0882. The Morgan fingerprint density at radius 3 is 2.81 bits per heavy atom. The van der Waals surface area contributed by atoms with E-state index < -0.39 is 10.8 Å². The van der Waals surface area contributed by atoms with Gasteiger partial charge in [-0.1, -0.05) is 6.07 Å². The van der Waals surface area contributed by atoms with E-state index in [1.165, 1.54) is 12.1 Å². The molecule has 0 saturated carbocycles. The third-order valence-corrected chi connectivity index (χ3v) is 4.24. The Morgan fingerprint density at radius 2 is 2.07 bits per heavy atom. The number of anilines is 1.